The van der Waals surface area contributed by atoms with Crippen molar-refractivity contribution in [3.05, 3.63) is 33.8 Å². The molecule has 2 N–H and O–H groups in total. The van der Waals surface area contributed by atoms with Crippen molar-refractivity contribution in [3.8, 4) is 0 Å². The lowest BCUT2D eigenvalue weighted by Gasteiger charge is -2.21. The van der Waals surface area contributed by atoms with E-state index in [-0.39, 0.29) is 18.5 Å². The molecule has 4 nitrogen and oxygen atoms in total. The van der Waals surface area contributed by atoms with Gasteiger partial charge in [-0.05, 0) is 33.0 Å². The molecule has 1 amide bonds. The van der Waals surface area contributed by atoms with Gasteiger partial charge in [0.2, 0.25) is 5.91 Å². The van der Waals surface area contributed by atoms with E-state index in [1.807, 2.05) is 25.8 Å². The fourth-order valence-electron chi connectivity index (χ4n) is 1.56. The van der Waals surface area contributed by atoms with Gasteiger partial charge in [-0.15, -0.1) is 0 Å². The van der Waals surface area contributed by atoms with E-state index < -0.39 is 6.10 Å². The third-order valence-corrected chi connectivity index (χ3v) is 3.65. The first-order valence-corrected chi connectivity index (χ1v) is 7.16. The lowest BCUT2D eigenvalue weighted by atomic mass is 10.1. The average Bonchev–Trinajstić information content (AvgIpc) is 2.35. The number of rotatable bonds is 6. The number of nitrogens with zero attached hydrogens (tertiary/aromatic N) is 1. The van der Waals surface area contributed by atoms with E-state index in [4.69, 9.17) is 23.2 Å². The summed E-state index contributed by atoms with van der Waals surface area (Å²) in [5.74, 6) is -0.134. The number of carbonyl (C=O) groups is 1. The van der Waals surface area contributed by atoms with E-state index in [0.29, 0.717) is 22.2 Å². The molecule has 0 radical (unpaired) electrons. The third-order valence-electron chi connectivity index (χ3n) is 3.09. The van der Waals surface area contributed by atoms with Crippen molar-refractivity contribution in [1.82, 2.24) is 10.2 Å². The van der Waals surface area contributed by atoms with Crippen LogP contribution in [0.5, 0.6) is 0 Å². The Labute approximate surface area is 129 Å². The number of aliphatic hydroxyl groups is 1. The van der Waals surface area contributed by atoms with Crippen molar-refractivity contribution in [1.29, 1.82) is 0 Å². The molecule has 1 rings (SSSR count). The van der Waals surface area contributed by atoms with Crippen LogP contribution in [0.25, 0.3) is 0 Å². The molecule has 1 aromatic rings. The first-order valence-electron chi connectivity index (χ1n) is 6.41. The molecule has 1 unspecified atom stereocenters. The van der Waals surface area contributed by atoms with Crippen LogP contribution in [0, 0.1) is 0 Å². The van der Waals surface area contributed by atoms with Gasteiger partial charge in [0, 0.05) is 28.2 Å². The van der Waals surface area contributed by atoms with Gasteiger partial charge in [-0.2, -0.15) is 0 Å². The van der Waals surface area contributed by atoms with Crippen LogP contribution >= 0.6 is 23.2 Å². The number of benzene rings is 1. The Morgan fingerprint density at radius 2 is 2.05 bits per heavy atom. The van der Waals surface area contributed by atoms with E-state index in [2.05, 4.69) is 5.32 Å². The number of carbonyl (C=O) groups excluding carboxylic acids is 1. The Balaban J connectivity index is 2.50. The molecule has 0 aliphatic carbocycles. The van der Waals surface area contributed by atoms with Crippen molar-refractivity contribution in [2.45, 2.75) is 26.0 Å². The highest BCUT2D eigenvalue weighted by atomic mass is 35.5. The topological polar surface area (TPSA) is 52.6 Å². The third kappa shape index (κ3) is 5.29. The highest BCUT2D eigenvalue weighted by molar-refractivity contribution is 6.35. The molecule has 6 heteroatoms. The summed E-state index contributed by atoms with van der Waals surface area (Å²) in [5.41, 5.74) is 0.550. The smallest absolute Gasteiger partial charge is 0.234 e. The summed E-state index contributed by atoms with van der Waals surface area (Å²) in [6.07, 6.45) is -0.854. The van der Waals surface area contributed by atoms with Crippen LogP contribution in [0.3, 0.4) is 0 Å². The largest absolute Gasteiger partial charge is 0.387 e. The molecule has 20 heavy (non-hydrogen) atoms. The van der Waals surface area contributed by atoms with Gasteiger partial charge < -0.3 is 10.4 Å². The second kappa shape index (κ2) is 7.84. The molecule has 0 heterocycles. The standard InChI is InChI=1S/C14H20Cl2N2O2/c1-9(2)18(3)8-14(20)17-7-13(19)11-5-4-10(15)6-12(11)16/h4-6,9,13,19H,7-8H2,1-3H3,(H,17,20). The molecule has 0 aliphatic rings. The van der Waals surface area contributed by atoms with Crippen LogP contribution in [0.4, 0.5) is 0 Å². The number of nitrogens with one attached hydrogen (secondary N) is 1. The van der Waals surface area contributed by atoms with Gasteiger partial charge in [-0.3, -0.25) is 9.69 Å². The van der Waals surface area contributed by atoms with Gasteiger partial charge in [0.15, 0.2) is 0 Å². The number of amides is 1. The van der Waals surface area contributed by atoms with Crippen LogP contribution in [0.2, 0.25) is 10.0 Å². The first kappa shape index (κ1) is 17.2. The number of hydrogen-bond donors (Lipinski definition) is 2. The molecule has 0 bridgehead atoms. The summed E-state index contributed by atoms with van der Waals surface area (Å²) in [7, 11) is 1.87. The highest BCUT2D eigenvalue weighted by Crippen LogP contribution is 2.25. The zero-order valence-corrected chi connectivity index (χ0v) is 13.4. The molecule has 0 saturated carbocycles. The molecule has 1 atom stereocenters. The van der Waals surface area contributed by atoms with Crippen molar-refractivity contribution in [2.75, 3.05) is 20.1 Å². The van der Waals surface area contributed by atoms with Gasteiger partial charge in [0.25, 0.3) is 0 Å². The molecular formula is C14H20Cl2N2O2. The van der Waals surface area contributed by atoms with Crippen molar-refractivity contribution >= 4 is 29.1 Å². The highest BCUT2D eigenvalue weighted by Gasteiger charge is 2.14. The quantitative estimate of drug-likeness (QED) is 0.847. The van der Waals surface area contributed by atoms with E-state index in [0.717, 1.165) is 0 Å². The normalized spacial score (nSPS) is 12.8. The van der Waals surface area contributed by atoms with Crippen LogP contribution in [-0.4, -0.2) is 42.1 Å². The van der Waals surface area contributed by atoms with E-state index in [9.17, 15) is 9.90 Å². The van der Waals surface area contributed by atoms with Crippen LogP contribution in [0.1, 0.15) is 25.5 Å². The molecular weight excluding hydrogens is 299 g/mol. The van der Waals surface area contributed by atoms with Crippen molar-refractivity contribution < 1.29 is 9.90 Å². The van der Waals surface area contributed by atoms with Crippen LogP contribution < -0.4 is 5.32 Å². The number of likely N-dealkylation sites (N-methyl/N-ethyl adjacent to an activating group) is 1. The lowest BCUT2D eigenvalue weighted by Crippen LogP contribution is -2.39. The summed E-state index contributed by atoms with van der Waals surface area (Å²) >= 11 is 11.8. The van der Waals surface area contributed by atoms with Crippen molar-refractivity contribution in [3.63, 3.8) is 0 Å². The molecule has 1 aromatic carbocycles. The average molecular weight is 319 g/mol. The maximum atomic E-state index is 11.7. The summed E-state index contributed by atoms with van der Waals surface area (Å²) in [5, 5.41) is 13.6. The molecule has 0 saturated heterocycles. The van der Waals surface area contributed by atoms with Gasteiger partial charge in [-0.25, -0.2) is 0 Å². The predicted octanol–water partition coefficient (Wildman–Crippen LogP) is 2.48. The summed E-state index contributed by atoms with van der Waals surface area (Å²) < 4.78 is 0. The van der Waals surface area contributed by atoms with Gasteiger partial charge >= 0.3 is 0 Å². The van der Waals surface area contributed by atoms with Gasteiger partial charge in [-0.1, -0.05) is 29.3 Å². The van der Waals surface area contributed by atoms with Crippen LogP contribution in [-0.2, 0) is 4.79 Å². The number of halogens is 2. The van der Waals surface area contributed by atoms with Crippen molar-refractivity contribution in [2.24, 2.45) is 0 Å². The van der Waals surface area contributed by atoms with Gasteiger partial charge in [0.1, 0.15) is 0 Å². The fraction of sp³-hybridized carbons (Fsp3) is 0.500. The van der Waals surface area contributed by atoms with Gasteiger partial charge in [0.05, 0.1) is 12.6 Å². The summed E-state index contributed by atoms with van der Waals surface area (Å²) in [6, 6.07) is 5.16. The SMILES string of the molecule is CC(C)N(C)CC(=O)NCC(O)c1ccc(Cl)cc1Cl. The Kier molecular flexibility index (Phi) is 6.76. The molecule has 0 aromatic heterocycles. The second-order valence-corrected chi connectivity index (χ2v) is 5.84. The predicted molar refractivity (Wildman–Crippen MR) is 82.2 cm³/mol. The Morgan fingerprint density at radius 1 is 1.40 bits per heavy atom. The second-order valence-electron chi connectivity index (χ2n) is 4.99. The molecule has 0 fully saturated rings. The zero-order valence-electron chi connectivity index (χ0n) is 11.9. The Morgan fingerprint density at radius 3 is 2.60 bits per heavy atom. The minimum absolute atomic E-state index is 0.117. The number of hydrogen-bond acceptors (Lipinski definition) is 3. The zero-order chi connectivity index (χ0) is 15.3. The Hall–Kier alpha value is -0.810. The maximum Gasteiger partial charge on any atom is 0.234 e. The minimum Gasteiger partial charge on any atom is -0.387 e. The summed E-state index contributed by atoms with van der Waals surface area (Å²) in [4.78, 5) is 13.6. The first-order chi connectivity index (χ1) is 9.31. The maximum absolute atomic E-state index is 11.7. The molecule has 0 spiro atoms. The molecule has 112 valence electrons. The fourth-order valence-corrected chi connectivity index (χ4v) is 2.09. The van der Waals surface area contributed by atoms with E-state index in [1.54, 1.807) is 18.2 Å². The Bertz CT molecular complexity index is 466. The lowest BCUT2D eigenvalue weighted by molar-refractivity contribution is -0.122. The minimum atomic E-state index is -0.854. The van der Waals surface area contributed by atoms with E-state index in [1.165, 1.54) is 0 Å². The summed E-state index contributed by atoms with van der Waals surface area (Å²) in [6.45, 7) is 4.43. The molecule has 0 aliphatic heterocycles. The van der Waals surface area contributed by atoms with Crippen LogP contribution in [0.15, 0.2) is 18.2 Å². The van der Waals surface area contributed by atoms with E-state index >= 15 is 0 Å². The monoisotopic (exact) mass is 318 g/mol. The number of aliphatic hydroxyl groups excluding tert-OH is 1.